The predicted octanol–water partition coefficient (Wildman–Crippen LogP) is 2.73. The molecule has 7 heteroatoms. The number of hydrogen-bond acceptors (Lipinski definition) is 5. The first kappa shape index (κ1) is 21.0. The monoisotopic (exact) mass is 463 g/mol. The van der Waals surface area contributed by atoms with E-state index in [0.717, 1.165) is 21.1 Å². The number of hydrogen-bond donors (Lipinski definition) is 1. The van der Waals surface area contributed by atoms with E-state index < -0.39 is 0 Å². The Balaban J connectivity index is 2.09. The molecule has 0 aliphatic heterocycles. The molecule has 0 aliphatic carbocycles. The first-order chi connectivity index (χ1) is 14.1. The van der Waals surface area contributed by atoms with Gasteiger partial charge in [-0.05, 0) is 0 Å². The number of rotatable bonds is 9. The third-order valence-electron chi connectivity index (χ3n) is 4.44. The second kappa shape index (κ2) is 9.16. The molecule has 2 aromatic carbocycles. The maximum absolute atomic E-state index is 5.76. The van der Waals surface area contributed by atoms with Crippen LogP contribution in [0.2, 0.25) is 0 Å². The van der Waals surface area contributed by atoms with Crippen molar-refractivity contribution in [2.75, 3.05) is 35.0 Å². The van der Waals surface area contributed by atoms with Crippen molar-refractivity contribution >= 4 is 34.8 Å². The average Bonchev–Trinajstić information content (AvgIpc) is 3.05. The predicted molar refractivity (Wildman–Crippen MR) is 116 cm³/mol. The fourth-order valence-electron chi connectivity index (χ4n) is 3.14. The number of H-pyrrole nitrogens is 1. The molecule has 0 aliphatic rings. The van der Waals surface area contributed by atoms with Gasteiger partial charge in [0.15, 0.2) is 0 Å². The minimum absolute atomic E-state index is 0.0194. The van der Waals surface area contributed by atoms with Gasteiger partial charge in [0.25, 0.3) is 0 Å². The third-order valence-corrected chi connectivity index (χ3v) is 7.00. The van der Waals surface area contributed by atoms with E-state index in [0.29, 0.717) is 35.4 Å². The Bertz CT molecular complexity index is 1030. The zero-order valence-corrected chi connectivity index (χ0v) is 19.0. The molecule has 0 radical (unpaired) electrons. The van der Waals surface area contributed by atoms with E-state index in [4.69, 9.17) is 23.7 Å². The van der Waals surface area contributed by atoms with Crippen molar-refractivity contribution in [3.63, 3.8) is 0 Å². The van der Waals surface area contributed by atoms with Gasteiger partial charge >= 0.3 is 177 Å². The Labute approximate surface area is 176 Å². The zero-order chi connectivity index (χ0) is 21.0. The Morgan fingerprint density at radius 2 is 1.66 bits per heavy atom. The van der Waals surface area contributed by atoms with Crippen LogP contribution in [-0.2, 0) is 0 Å². The molecule has 1 N–H and O–H groups in total. The number of benzene rings is 2. The summed E-state index contributed by atoms with van der Waals surface area (Å²) in [6.07, 6.45) is 1.72. The van der Waals surface area contributed by atoms with Crippen LogP contribution in [0, 0.1) is 6.92 Å². The van der Waals surface area contributed by atoms with Gasteiger partial charge in [-0.1, -0.05) is 0 Å². The molecule has 3 rings (SSSR count). The number of nitrogens with one attached hydrogen (secondary N) is 1. The van der Waals surface area contributed by atoms with Crippen LogP contribution in [0.4, 0.5) is 0 Å². The average molecular weight is 462 g/mol. The summed E-state index contributed by atoms with van der Waals surface area (Å²) < 4.78 is 30.2. The minimum atomic E-state index is 0.0194. The van der Waals surface area contributed by atoms with Crippen LogP contribution in [0.3, 0.4) is 0 Å². The van der Waals surface area contributed by atoms with Crippen LogP contribution in [0.1, 0.15) is 5.69 Å². The van der Waals surface area contributed by atoms with Crippen molar-refractivity contribution in [3.8, 4) is 28.7 Å². The second-order valence-corrected chi connectivity index (χ2v) is 8.44. The molecular formula is C22H25NO5Se. The molecule has 0 saturated carbocycles. The van der Waals surface area contributed by atoms with Crippen LogP contribution in [0.5, 0.6) is 28.7 Å². The van der Waals surface area contributed by atoms with Crippen molar-refractivity contribution in [2.45, 2.75) is 6.92 Å². The van der Waals surface area contributed by atoms with Gasteiger partial charge in [-0.2, -0.15) is 0 Å². The first-order valence-electron chi connectivity index (χ1n) is 8.98. The van der Waals surface area contributed by atoms with Gasteiger partial charge in [0, 0.05) is 0 Å². The summed E-state index contributed by atoms with van der Waals surface area (Å²) in [7, 11) is 6.50. The van der Waals surface area contributed by atoms with Crippen LogP contribution in [0.25, 0.3) is 10.9 Å². The van der Waals surface area contributed by atoms with E-state index in [-0.39, 0.29) is 15.0 Å². The number of ether oxygens (including phenoxy) is 5. The molecule has 3 aromatic rings. The fraction of sp³-hybridized carbons (Fsp3) is 0.273. The number of aryl methyl sites for hydroxylation is 1. The topological polar surface area (TPSA) is 61.9 Å². The van der Waals surface area contributed by atoms with Crippen molar-refractivity contribution in [3.05, 3.63) is 42.6 Å². The van der Waals surface area contributed by atoms with E-state index >= 15 is 0 Å². The van der Waals surface area contributed by atoms with E-state index in [1.807, 2.05) is 18.2 Å². The molecule has 0 spiro atoms. The molecular weight excluding hydrogens is 437 g/mol. The van der Waals surface area contributed by atoms with Crippen molar-refractivity contribution in [1.29, 1.82) is 0 Å². The summed E-state index contributed by atoms with van der Waals surface area (Å²) in [4.78, 5) is 3.45. The molecule has 0 amide bonds. The summed E-state index contributed by atoms with van der Waals surface area (Å²) >= 11 is 0.0194. The van der Waals surface area contributed by atoms with Crippen molar-refractivity contribution < 1.29 is 23.7 Å². The van der Waals surface area contributed by atoms with Gasteiger partial charge in [-0.25, -0.2) is 0 Å². The van der Waals surface area contributed by atoms with Gasteiger partial charge < -0.3 is 0 Å². The number of fused-ring (bicyclic) bond motifs is 1. The Morgan fingerprint density at radius 3 is 2.28 bits per heavy atom. The molecule has 1 aromatic heterocycles. The molecule has 1 heterocycles. The fourth-order valence-corrected chi connectivity index (χ4v) is 5.26. The van der Waals surface area contributed by atoms with Crippen LogP contribution in [-0.4, -0.2) is 55.0 Å². The van der Waals surface area contributed by atoms with Gasteiger partial charge in [-0.15, -0.1) is 0 Å². The van der Waals surface area contributed by atoms with Crippen LogP contribution < -0.4 is 32.6 Å². The van der Waals surface area contributed by atoms with Crippen LogP contribution >= 0.6 is 0 Å². The van der Waals surface area contributed by atoms with Gasteiger partial charge in [-0.3, -0.25) is 0 Å². The number of methoxy groups -OCH3 is 4. The van der Waals surface area contributed by atoms with Gasteiger partial charge in [0.2, 0.25) is 0 Å². The van der Waals surface area contributed by atoms with Crippen molar-refractivity contribution in [2.24, 2.45) is 0 Å². The van der Waals surface area contributed by atoms with Gasteiger partial charge in [0.05, 0.1) is 0 Å². The Hall–Kier alpha value is -2.76. The molecule has 0 bridgehead atoms. The van der Waals surface area contributed by atoms with E-state index in [1.165, 1.54) is 4.46 Å². The number of aromatic amines is 1. The van der Waals surface area contributed by atoms with Gasteiger partial charge in [0.1, 0.15) is 0 Å². The summed E-state index contributed by atoms with van der Waals surface area (Å²) in [5.74, 6) is 3.26. The maximum atomic E-state index is 5.76. The molecule has 0 atom stereocenters. The summed E-state index contributed by atoms with van der Waals surface area (Å²) in [5, 5.41) is 1.06. The zero-order valence-electron chi connectivity index (χ0n) is 17.3. The molecule has 0 fully saturated rings. The SMILES string of the molecule is C=CCOc1cc([Se]c2c(C)[nH]c3c(OC)c(OC)c(OC)cc23)ccc1OC. The Morgan fingerprint density at radius 1 is 0.931 bits per heavy atom. The third kappa shape index (κ3) is 4.02. The summed E-state index contributed by atoms with van der Waals surface area (Å²) in [6, 6.07) is 8.02. The van der Waals surface area contributed by atoms with E-state index in [2.05, 4.69) is 24.6 Å². The molecule has 0 unspecified atom stereocenters. The second-order valence-electron chi connectivity index (χ2n) is 6.16. The standard InChI is InChI=1S/C22H25NO5Se/c1-7-10-28-17-11-14(8-9-16(17)24-3)29-22-13(2)23-19-15(22)12-18(25-4)20(26-5)21(19)27-6/h7-9,11-12,23H,1,10H2,2-6H3. The number of aromatic nitrogens is 1. The first-order valence-corrected chi connectivity index (χ1v) is 10.7. The summed E-state index contributed by atoms with van der Waals surface area (Å²) in [5.41, 5.74) is 1.98. The molecule has 6 nitrogen and oxygen atoms in total. The van der Waals surface area contributed by atoms with E-state index in [9.17, 15) is 0 Å². The Kier molecular flexibility index (Phi) is 6.62. The molecule has 154 valence electrons. The quantitative estimate of drug-likeness (QED) is 0.392. The van der Waals surface area contributed by atoms with Crippen LogP contribution in [0.15, 0.2) is 36.9 Å². The summed E-state index contributed by atoms with van der Waals surface area (Å²) in [6.45, 7) is 6.19. The molecule has 0 saturated heterocycles. The van der Waals surface area contributed by atoms with E-state index in [1.54, 1.807) is 34.5 Å². The van der Waals surface area contributed by atoms with Crippen molar-refractivity contribution in [1.82, 2.24) is 4.98 Å². The molecule has 29 heavy (non-hydrogen) atoms. The normalized spacial score (nSPS) is 10.7.